The van der Waals surface area contributed by atoms with Crippen molar-refractivity contribution in [2.45, 2.75) is 85.1 Å². The van der Waals surface area contributed by atoms with Crippen LogP contribution in [0.2, 0.25) is 0 Å². The van der Waals surface area contributed by atoms with E-state index in [1.54, 1.807) is 11.1 Å². The molecule has 1 saturated heterocycles. The van der Waals surface area contributed by atoms with Gasteiger partial charge in [0.25, 0.3) is 0 Å². The summed E-state index contributed by atoms with van der Waals surface area (Å²) in [5.74, 6) is 2.81. The lowest BCUT2D eigenvalue weighted by atomic mass is 9.81. The van der Waals surface area contributed by atoms with Gasteiger partial charge in [-0.15, -0.1) is 0 Å². The lowest BCUT2D eigenvalue weighted by Crippen LogP contribution is -2.41. The Balaban J connectivity index is 1.36. The van der Waals surface area contributed by atoms with Crippen LogP contribution in [0.1, 0.15) is 79.1 Å². The van der Waals surface area contributed by atoms with Gasteiger partial charge in [-0.05, 0) is 102 Å². The first kappa shape index (κ1) is 20.7. The third kappa shape index (κ3) is 6.24. The Bertz CT molecular complexity index is 577. The molecule has 1 N–H and O–H groups in total. The van der Waals surface area contributed by atoms with Gasteiger partial charge in [-0.3, -0.25) is 0 Å². The molecule has 0 spiro atoms. The topological polar surface area (TPSA) is 15.3 Å². The van der Waals surface area contributed by atoms with Crippen LogP contribution in [0.4, 0.5) is 0 Å². The zero-order chi connectivity index (χ0) is 19.4. The first-order chi connectivity index (χ1) is 12.9. The molecule has 0 bridgehead atoms. The van der Waals surface area contributed by atoms with E-state index < -0.39 is 0 Å². The lowest BCUT2D eigenvalue weighted by Gasteiger charge is -2.32. The van der Waals surface area contributed by atoms with Gasteiger partial charge in [-0.25, -0.2) is 0 Å². The molecule has 3 aliphatic rings. The van der Waals surface area contributed by atoms with Gasteiger partial charge in [-0.2, -0.15) is 0 Å². The summed E-state index contributed by atoms with van der Waals surface area (Å²) in [7, 11) is 0. The molecule has 3 rings (SSSR count). The molecule has 0 radical (unpaired) electrons. The smallest absolute Gasteiger partial charge is 0.0187 e. The maximum Gasteiger partial charge on any atom is 0.0187 e. The van der Waals surface area contributed by atoms with E-state index in [0.29, 0.717) is 0 Å². The second-order valence-corrected chi connectivity index (χ2v) is 9.82. The highest BCUT2D eigenvalue weighted by Gasteiger charge is 2.31. The van der Waals surface area contributed by atoms with E-state index in [4.69, 9.17) is 0 Å². The third-order valence-electron chi connectivity index (χ3n) is 7.47. The molecule has 2 nitrogen and oxygen atoms in total. The number of rotatable bonds is 8. The average molecular weight is 371 g/mol. The van der Waals surface area contributed by atoms with E-state index in [0.717, 1.165) is 23.8 Å². The van der Waals surface area contributed by atoms with Crippen LogP contribution in [0.25, 0.3) is 0 Å². The number of hydrogen-bond acceptors (Lipinski definition) is 2. The summed E-state index contributed by atoms with van der Waals surface area (Å²) in [6.07, 6.45) is 12.9. The molecule has 2 aliphatic carbocycles. The number of allylic oxidation sites excluding steroid dienone is 4. The van der Waals surface area contributed by atoms with Gasteiger partial charge in [0.15, 0.2) is 0 Å². The Morgan fingerprint density at radius 2 is 1.89 bits per heavy atom. The second kappa shape index (κ2) is 9.45. The first-order valence-electron chi connectivity index (χ1n) is 11.4. The summed E-state index contributed by atoms with van der Waals surface area (Å²) in [6.45, 7) is 17.3. The van der Waals surface area contributed by atoms with E-state index in [1.807, 2.05) is 0 Å². The minimum atomic E-state index is 0.729. The van der Waals surface area contributed by atoms with Crippen LogP contribution in [0.3, 0.4) is 0 Å². The molecule has 1 saturated carbocycles. The normalized spacial score (nSPS) is 30.0. The Hall–Kier alpha value is -1.02. The van der Waals surface area contributed by atoms with Crippen LogP contribution in [-0.2, 0) is 0 Å². The van der Waals surface area contributed by atoms with Crippen LogP contribution in [0.15, 0.2) is 35.1 Å². The lowest BCUT2D eigenvalue weighted by molar-refractivity contribution is 0.257. The molecule has 0 aromatic heterocycles. The zero-order valence-electron chi connectivity index (χ0n) is 18.3. The molecule has 3 unspecified atom stereocenters. The molecule has 2 heteroatoms. The molecular weight excluding hydrogens is 328 g/mol. The summed E-state index contributed by atoms with van der Waals surface area (Å²) < 4.78 is 0. The van der Waals surface area contributed by atoms with Crippen molar-refractivity contribution in [1.29, 1.82) is 0 Å². The summed E-state index contributed by atoms with van der Waals surface area (Å²) in [6, 6.07) is 0.729. The van der Waals surface area contributed by atoms with Crippen LogP contribution >= 0.6 is 0 Å². The fraction of sp³-hybridized carbons (Fsp3) is 0.760. The van der Waals surface area contributed by atoms with Crippen molar-refractivity contribution in [1.82, 2.24) is 10.2 Å². The maximum atomic E-state index is 4.42. The number of nitrogens with one attached hydrogen (secondary N) is 1. The molecule has 1 heterocycles. The highest BCUT2D eigenvalue weighted by atomic mass is 15.1. The summed E-state index contributed by atoms with van der Waals surface area (Å²) in [5, 5.41) is 3.80. The van der Waals surface area contributed by atoms with Crippen molar-refractivity contribution in [3.05, 3.63) is 35.1 Å². The van der Waals surface area contributed by atoms with Gasteiger partial charge >= 0.3 is 0 Å². The van der Waals surface area contributed by atoms with Gasteiger partial charge in [0.05, 0.1) is 0 Å². The van der Waals surface area contributed by atoms with Crippen LogP contribution in [0, 0.1) is 17.8 Å². The van der Waals surface area contributed by atoms with Gasteiger partial charge in [0.2, 0.25) is 0 Å². The SMILES string of the molecule is C=C(CC1CCC(C)=C(C)C1)/C(C)=C/N1CCC(NCCC2CC2C)CC1. The van der Waals surface area contributed by atoms with Crippen molar-refractivity contribution >= 4 is 0 Å². The minimum Gasteiger partial charge on any atom is -0.377 e. The Kier molecular flexibility index (Phi) is 7.25. The second-order valence-electron chi connectivity index (χ2n) is 9.82. The Morgan fingerprint density at radius 3 is 2.52 bits per heavy atom. The van der Waals surface area contributed by atoms with E-state index in [1.165, 1.54) is 82.1 Å². The molecule has 2 fully saturated rings. The highest BCUT2D eigenvalue weighted by molar-refractivity contribution is 5.27. The third-order valence-corrected chi connectivity index (χ3v) is 7.47. The number of likely N-dealkylation sites (tertiary alicyclic amines) is 1. The van der Waals surface area contributed by atoms with Crippen molar-refractivity contribution < 1.29 is 0 Å². The van der Waals surface area contributed by atoms with Crippen LogP contribution < -0.4 is 5.32 Å². The summed E-state index contributed by atoms with van der Waals surface area (Å²) in [5.41, 5.74) is 5.98. The van der Waals surface area contributed by atoms with Crippen LogP contribution in [-0.4, -0.2) is 30.6 Å². The molecule has 0 amide bonds. The predicted octanol–water partition coefficient (Wildman–Crippen LogP) is 6.07. The molecule has 0 aromatic carbocycles. The van der Waals surface area contributed by atoms with E-state index in [2.05, 4.69) is 50.7 Å². The van der Waals surface area contributed by atoms with Crippen molar-refractivity contribution in [3.8, 4) is 0 Å². The summed E-state index contributed by atoms with van der Waals surface area (Å²) >= 11 is 0. The minimum absolute atomic E-state index is 0.729. The van der Waals surface area contributed by atoms with E-state index in [-0.39, 0.29) is 0 Å². The quantitative estimate of drug-likeness (QED) is 0.412. The number of hydrogen-bond donors (Lipinski definition) is 1. The summed E-state index contributed by atoms with van der Waals surface area (Å²) in [4.78, 5) is 2.53. The fourth-order valence-electron chi connectivity index (χ4n) is 4.90. The van der Waals surface area contributed by atoms with Crippen molar-refractivity contribution in [2.75, 3.05) is 19.6 Å². The standard InChI is InChI=1S/C25H42N2/c1-18-6-7-23(14-19(18)2)15-20(3)22(5)17-27-12-9-25(10-13-27)26-11-8-24-16-21(24)4/h17,21,23-26H,3,6-16H2,1-2,4-5H3/b22-17+. The number of piperidine rings is 1. The van der Waals surface area contributed by atoms with Crippen molar-refractivity contribution in [3.63, 3.8) is 0 Å². The van der Waals surface area contributed by atoms with Gasteiger partial charge in [-0.1, -0.05) is 30.2 Å². The van der Waals surface area contributed by atoms with Gasteiger partial charge < -0.3 is 10.2 Å². The maximum absolute atomic E-state index is 4.42. The molecule has 1 aliphatic heterocycles. The van der Waals surface area contributed by atoms with Gasteiger partial charge in [0.1, 0.15) is 0 Å². The molecule has 3 atom stereocenters. The fourth-order valence-corrected chi connectivity index (χ4v) is 4.90. The largest absolute Gasteiger partial charge is 0.377 e. The highest BCUT2D eigenvalue weighted by Crippen LogP contribution is 2.40. The molecule has 27 heavy (non-hydrogen) atoms. The molecule has 152 valence electrons. The van der Waals surface area contributed by atoms with E-state index in [9.17, 15) is 0 Å². The average Bonchev–Trinajstić information content (AvgIpc) is 3.34. The number of nitrogens with zero attached hydrogens (tertiary/aromatic N) is 1. The monoisotopic (exact) mass is 370 g/mol. The molecular formula is C25H42N2. The zero-order valence-corrected chi connectivity index (χ0v) is 18.3. The van der Waals surface area contributed by atoms with Crippen molar-refractivity contribution in [2.24, 2.45) is 17.8 Å². The Labute approximate surface area is 168 Å². The predicted molar refractivity (Wildman–Crippen MR) is 118 cm³/mol. The molecule has 0 aromatic rings. The Morgan fingerprint density at radius 1 is 1.19 bits per heavy atom. The van der Waals surface area contributed by atoms with E-state index >= 15 is 0 Å². The van der Waals surface area contributed by atoms with Crippen LogP contribution in [0.5, 0.6) is 0 Å². The first-order valence-corrected chi connectivity index (χ1v) is 11.4. The van der Waals surface area contributed by atoms with Gasteiger partial charge in [0, 0.05) is 25.3 Å².